The highest BCUT2D eigenvalue weighted by atomic mass is 32.2. The highest BCUT2D eigenvalue weighted by molar-refractivity contribution is 7.89. The molecule has 0 aliphatic rings. The van der Waals surface area contributed by atoms with Crippen LogP contribution in [0.15, 0.2) is 29.2 Å². The van der Waals surface area contributed by atoms with E-state index >= 15 is 0 Å². The lowest BCUT2D eigenvalue weighted by atomic mass is 10.2. The van der Waals surface area contributed by atoms with Crippen LogP contribution in [0.25, 0.3) is 0 Å². The van der Waals surface area contributed by atoms with Crippen molar-refractivity contribution in [3.63, 3.8) is 0 Å². The van der Waals surface area contributed by atoms with E-state index in [0.717, 1.165) is 5.56 Å². The third-order valence-electron chi connectivity index (χ3n) is 2.40. The van der Waals surface area contributed by atoms with Crippen LogP contribution < -0.4 is 4.72 Å². The van der Waals surface area contributed by atoms with Gasteiger partial charge >= 0.3 is 0 Å². The second-order valence-electron chi connectivity index (χ2n) is 4.48. The van der Waals surface area contributed by atoms with Crippen molar-refractivity contribution in [1.29, 1.82) is 0 Å². The fourth-order valence-corrected chi connectivity index (χ4v) is 2.47. The van der Waals surface area contributed by atoms with Gasteiger partial charge in [0.25, 0.3) is 0 Å². The molecule has 1 aromatic carbocycles. The molecule has 0 spiro atoms. The summed E-state index contributed by atoms with van der Waals surface area (Å²) in [6, 6.07) is 6.80. The van der Waals surface area contributed by atoms with Gasteiger partial charge in [-0.25, -0.2) is 13.1 Å². The first-order valence-electron chi connectivity index (χ1n) is 6.10. The van der Waals surface area contributed by atoms with Crippen LogP contribution in [-0.2, 0) is 14.8 Å². The topological polar surface area (TPSA) is 55.4 Å². The summed E-state index contributed by atoms with van der Waals surface area (Å²) in [5.41, 5.74) is 1.04. The molecule has 0 aliphatic carbocycles. The average Bonchev–Trinajstić information content (AvgIpc) is 2.28. The molecule has 0 unspecified atom stereocenters. The number of benzene rings is 1. The molecule has 0 saturated heterocycles. The van der Waals surface area contributed by atoms with Gasteiger partial charge < -0.3 is 4.74 Å². The molecule has 0 heterocycles. The first-order valence-corrected chi connectivity index (χ1v) is 7.58. The van der Waals surface area contributed by atoms with Crippen molar-refractivity contribution < 1.29 is 13.2 Å². The van der Waals surface area contributed by atoms with Gasteiger partial charge in [-0.05, 0) is 39.3 Å². The Morgan fingerprint density at radius 3 is 2.39 bits per heavy atom. The van der Waals surface area contributed by atoms with Crippen LogP contribution in [0.4, 0.5) is 0 Å². The maximum absolute atomic E-state index is 11.9. The summed E-state index contributed by atoms with van der Waals surface area (Å²) in [5, 5.41) is 0. The van der Waals surface area contributed by atoms with Gasteiger partial charge in [0.1, 0.15) is 0 Å². The molecule has 4 nitrogen and oxygen atoms in total. The summed E-state index contributed by atoms with van der Waals surface area (Å²) >= 11 is 0. The Bertz CT molecular complexity index is 452. The second kappa shape index (κ2) is 6.87. The normalized spacial score (nSPS) is 12.0. The Morgan fingerprint density at radius 2 is 1.83 bits per heavy atom. The maximum atomic E-state index is 11.9. The molecular formula is C13H21NO3S. The number of hydrogen-bond donors (Lipinski definition) is 1. The van der Waals surface area contributed by atoms with E-state index in [1.807, 2.05) is 20.8 Å². The van der Waals surface area contributed by atoms with Crippen molar-refractivity contribution in [3.8, 4) is 0 Å². The predicted octanol–water partition coefficient (Wildman–Crippen LogP) is 2.09. The molecule has 1 rings (SSSR count). The molecule has 18 heavy (non-hydrogen) atoms. The number of hydrogen-bond acceptors (Lipinski definition) is 3. The molecule has 0 saturated carbocycles. The summed E-state index contributed by atoms with van der Waals surface area (Å²) in [6.45, 7) is 6.79. The highest BCUT2D eigenvalue weighted by Crippen LogP contribution is 2.09. The van der Waals surface area contributed by atoms with E-state index in [-0.39, 0.29) is 6.10 Å². The number of ether oxygens (including phenoxy) is 1. The monoisotopic (exact) mass is 271 g/mol. The fraction of sp³-hybridized carbons (Fsp3) is 0.538. The van der Waals surface area contributed by atoms with Gasteiger partial charge in [-0.1, -0.05) is 17.7 Å². The van der Waals surface area contributed by atoms with Crippen molar-refractivity contribution in [3.05, 3.63) is 29.8 Å². The van der Waals surface area contributed by atoms with E-state index in [9.17, 15) is 8.42 Å². The van der Waals surface area contributed by atoms with Crippen LogP contribution in [0.2, 0.25) is 0 Å². The number of nitrogens with one attached hydrogen (secondary N) is 1. The highest BCUT2D eigenvalue weighted by Gasteiger charge is 2.12. The first kappa shape index (κ1) is 15.1. The minimum Gasteiger partial charge on any atom is -0.379 e. The molecule has 0 radical (unpaired) electrons. The zero-order chi connectivity index (χ0) is 13.6. The Balaban J connectivity index is 2.43. The third kappa shape index (κ3) is 5.16. The van der Waals surface area contributed by atoms with Gasteiger partial charge in [0.05, 0.1) is 11.0 Å². The molecule has 0 fully saturated rings. The molecule has 5 heteroatoms. The minimum atomic E-state index is -3.38. The van der Waals surface area contributed by atoms with Crippen molar-refractivity contribution in [2.75, 3.05) is 13.2 Å². The smallest absolute Gasteiger partial charge is 0.240 e. The molecule has 0 aliphatic heterocycles. The minimum absolute atomic E-state index is 0.179. The summed E-state index contributed by atoms with van der Waals surface area (Å²) in [6.07, 6.45) is 0.849. The zero-order valence-electron chi connectivity index (χ0n) is 11.1. The van der Waals surface area contributed by atoms with Crippen LogP contribution in [0, 0.1) is 6.92 Å². The second-order valence-corrected chi connectivity index (χ2v) is 6.25. The lowest BCUT2D eigenvalue weighted by Crippen LogP contribution is -2.25. The van der Waals surface area contributed by atoms with E-state index in [4.69, 9.17) is 4.74 Å². The van der Waals surface area contributed by atoms with Crippen molar-refractivity contribution in [2.24, 2.45) is 0 Å². The Hall–Kier alpha value is -0.910. The number of aryl methyl sites for hydroxylation is 1. The predicted molar refractivity (Wildman–Crippen MR) is 72.1 cm³/mol. The van der Waals surface area contributed by atoms with E-state index in [0.29, 0.717) is 24.5 Å². The van der Waals surface area contributed by atoms with Crippen LogP contribution >= 0.6 is 0 Å². The number of sulfonamides is 1. The molecule has 0 bridgehead atoms. The standard InChI is InChI=1S/C13H21NO3S/c1-11(2)17-10-4-9-14-18(15,16)13-7-5-12(3)6-8-13/h5-8,11,14H,4,9-10H2,1-3H3. The summed E-state index contributed by atoms with van der Waals surface area (Å²) in [4.78, 5) is 0.304. The Morgan fingerprint density at radius 1 is 1.22 bits per heavy atom. The molecule has 0 amide bonds. The van der Waals surface area contributed by atoms with Gasteiger partial charge in [0.2, 0.25) is 10.0 Å². The van der Waals surface area contributed by atoms with E-state index in [1.54, 1.807) is 24.3 Å². The van der Waals surface area contributed by atoms with Gasteiger partial charge in [-0.15, -0.1) is 0 Å². The van der Waals surface area contributed by atoms with Crippen LogP contribution in [0.1, 0.15) is 25.8 Å². The molecule has 1 N–H and O–H groups in total. The first-order chi connectivity index (χ1) is 8.42. The summed E-state index contributed by atoms with van der Waals surface area (Å²) < 4.78 is 31.7. The Kier molecular flexibility index (Phi) is 5.78. The van der Waals surface area contributed by atoms with Crippen LogP contribution in [0.5, 0.6) is 0 Å². The van der Waals surface area contributed by atoms with Crippen molar-refractivity contribution in [2.45, 2.75) is 38.2 Å². The quantitative estimate of drug-likeness (QED) is 0.773. The Labute approximate surface area is 109 Å². The summed E-state index contributed by atoms with van der Waals surface area (Å²) in [5.74, 6) is 0. The van der Waals surface area contributed by atoms with E-state index in [2.05, 4.69) is 4.72 Å². The van der Waals surface area contributed by atoms with Crippen molar-refractivity contribution >= 4 is 10.0 Å². The molecule has 102 valence electrons. The van der Waals surface area contributed by atoms with Gasteiger partial charge in [-0.3, -0.25) is 0 Å². The lowest BCUT2D eigenvalue weighted by molar-refractivity contribution is 0.0778. The molecule has 1 aromatic rings. The zero-order valence-corrected chi connectivity index (χ0v) is 12.0. The molecule has 0 atom stereocenters. The van der Waals surface area contributed by atoms with E-state index in [1.165, 1.54) is 0 Å². The molecular weight excluding hydrogens is 250 g/mol. The number of rotatable bonds is 7. The van der Waals surface area contributed by atoms with Gasteiger partial charge in [-0.2, -0.15) is 0 Å². The largest absolute Gasteiger partial charge is 0.379 e. The third-order valence-corrected chi connectivity index (χ3v) is 3.87. The maximum Gasteiger partial charge on any atom is 0.240 e. The van der Waals surface area contributed by atoms with Gasteiger partial charge in [0.15, 0.2) is 0 Å². The average molecular weight is 271 g/mol. The summed E-state index contributed by atoms with van der Waals surface area (Å²) in [7, 11) is -3.38. The van der Waals surface area contributed by atoms with Gasteiger partial charge in [0, 0.05) is 13.2 Å². The van der Waals surface area contributed by atoms with Crippen LogP contribution in [0.3, 0.4) is 0 Å². The van der Waals surface area contributed by atoms with Crippen molar-refractivity contribution in [1.82, 2.24) is 4.72 Å². The molecule has 0 aromatic heterocycles. The van der Waals surface area contributed by atoms with E-state index < -0.39 is 10.0 Å². The SMILES string of the molecule is Cc1ccc(S(=O)(=O)NCCCOC(C)C)cc1. The fourth-order valence-electron chi connectivity index (χ4n) is 1.40. The lowest BCUT2D eigenvalue weighted by Gasteiger charge is -2.09. The van der Waals surface area contributed by atoms with Crippen LogP contribution in [-0.4, -0.2) is 27.7 Å².